The fourth-order valence-electron chi connectivity index (χ4n) is 0.764. The first-order valence-corrected chi connectivity index (χ1v) is 4.94. The maximum Gasteiger partial charge on any atom is 0.328 e. The third-order valence-electron chi connectivity index (χ3n) is 2.30. The Labute approximate surface area is 90.2 Å². The van der Waals surface area contributed by atoms with Gasteiger partial charge in [-0.3, -0.25) is 0 Å². The molecular weight excluding hydrogens is 196 g/mol. The number of carboxylic acids is 1. The second-order valence-corrected chi connectivity index (χ2v) is 4.75. The molecule has 0 heterocycles. The van der Waals surface area contributed by atoms with Crippen LogP contribution in [0.25, 0.3) is 0 Å². The predicted molar refractivity (Wildman–Crippen MR) is 57.8 cm³/mol. The Morgan fingerprint density at radius 3 is 1.93 bits per heavy atom. The molecule has 0 fully saturated rings. The maximum atomic E-state index is 11.5. The molecule has 0 radical (unpaired) electrons. The number of aliphatic carboxylic acids is 1. The molecule has 0 aliphatic carbocycles. The van der Waals surface area contributed by atoms with Crippen LogP contribution >= 0.6 is 0 Å². The number of amides is 2. The van der Waals surface area contributed by atoms with E-state index in [2.05, 4.69) is 10.6 Å². The van der Waals surface area contributed by atoms with E-state index in [0.717, 1.165) is 6.42 Å². The molecule has 0 saturated heterocycles. The number of urea groups is 1. The number of carbonyl (C=O) groups excluding carboxylic acids is 1. The Hall–Kier alpha value is -1.26. The lowest BCUT2D eigenvalue weighted by atomic mass is 10.0. The molecule has 0 aromatic heterocycles. The number of hydrogen-bond donors (Lipinski definition) is 3. The van der Waals surface area contributed by atoms with Gasteiger partial charge in [0.15, 0.2) is 0 Å². The Balaban J connectivity index is 4.34. The average molecular weight is 216 g/mol. The van der Waals surface area contributed by atoms with E-state index in [1.807, 2.05) is 20.8 Å². The molecule has 3 N–H and O–H groups in total. The minimum absolute atomic E-state index is 0.335. The standard InChI is InChI=1S/C10H20N2O3/c1-6-9(2,3)11-8(15)12-10(4,5)7(13)14/h6H2,1-5H3,(H,13,14)(H2,11,12,15). The monoisotopic (exact) mass is 216 g/mol. The second kappa shape index (κ2) is 4.51. The summed E-state index contributed by atoms with van der Waals surface area (Å²) in [5, 5.41) is 13.9. The summed E-state index contributed by atoms with van der Waals surface area (Å²) in [6, 6.07) is -0.464. The van der Waals surface area contributed by atoms with E-state index in [4.69, 9.17) is 5.11 Å². The molecule has 0 unspecified atom stereocenters. The third-order valence-corrected chi connectivity index (χ3v) is 2.30. The van der Waals surface area contributed by atoms with Gasteiger partial charge in [-0.2, -0.15) is 0 Å². The van der Waals surface area contributed by atoms with Crippen molar-refractivity contribution in [3.8, 4) is 0 Å². The highest BCUT2D eigenvalue weighted by atomic mass is 16.4. The molecule has 88 valence electrons. The Morgan fingerprint density at radius 1 is 1.13 bits per heavy atom. The average Bonchev–Trinajstić information content (AvgIpc) is 2.01. The van der Waals surface area contributed by atoms with E-state index >= 15 is 0 Å². The predicted octanol–water partition coefficient (Wildman–Crippen LogP) is 1.34. The van der Waals surface area contributed by atoms with E-state index in [9.17, 15) is 9.59 Å². The highest BCUT2D eigenvalue weighted by Crippen LogP contribution is 2.07. The lowest BCUT2D eigenvalue weighted by Crippen LogP contribution is -2.57. The summed E-state index contributed by atoms with van der Waals surface area (Å²) in [4.78, 5) is 22.2. The summed E-state index contributed by atoms with van der Waals surface area (Å²) in [5.74, 6) is -1.06. The van der Waals surface area contributed by atoms with Crippen molar-refractivity contribution in [2.45, 2.75) is 52.1 Å². The van der Waals surface area contributed by atoms with Gasteiger partial charge in [0.05, 0.1) is 0 Å². The van der Waals surface area contributed by atoms with Crippen LogP contribution in [0, 0.1) is 0 Å². The van der Waals surface area contributed by atoms with Crippen LogP contribution in [-0.4, -0.2) is 28.2 Å². The molecule has 0 aromatic rings. The summed E-state index contributed by atoms with van der Waals surface area (Å²) < 4.78 is 0. The second-order valence-electron chi connectivity index (χ2n) is 4.75. The van der Waals surface area contributed by atoms with Gasteiger partial charge in [-0.05, 0) is 34.1 Å². The van der Waals surface area contributed by atoms with Crippen LogP contribution in [0.5, 0.6) is 0 Å². The lowest BCUT2D eigenvalue weighted by molar-refractivity contribution is -0.142. The van der Waals surface area contributed by atoms with Crippen LogP contribution in [0.3, 0.4) is 0 Å². The molecule has 0 aliphatic rings. The minimum Gasteiger partial charge on any atom is -0.480 e. The van der Waals surface area contributed by atoms with E-state index < -0.39 is 17.5 Å². The van der Waals surface area contributed by atoms with Gasteiger partial charge in [-0.15, -0.1) is 0 Å². The molecule has 0 aromatic carbocycles. The summed E-state index contributed by atoms with van der Waals surface area (Å²) in [7, 11) is 0. The van der Waals surface area contributed by atoms with Crippen LogP contribution < -0.4 is 10.6 Å². The molecule has 5 heteroatoms. The van der Waals surface area contributed by atoms with Gasteiger partial charge in [0, 0.05) is 5.54 Å². The molecular formula is C10H20N2O3. The van der Waals surface area contributed by atoms with E-state index in [1.54, 1.807) is 0 Å². The summed E-state index contributed by atoms with van der Waals surface area (Å²) in [6.45, 7) is 8.57. The van der Waals surface area contributed by atoms with Crippen LogP contribution in [0.4, 0.5) is 4.79 Å². The van der Waals surface area contributed by atoms with Crippen molar-refractivity contribution in [3.63, 3.8) is 0 Å². The fraction of sp³-hybridized carbons (Fsp3) is 0.800. The third kappa shape index (κ3) is 4.67. The Morgan fingerprint density at radius 2 is 1.60 bits per heavy atom. The first-order valence-electron chi connectivity index (χ1n) is 4.94. The first kappa shape index (κ1) is 13.7. The van der Waals surface area contributed by atoms with Gasteiger partial charge in [0.1, 0.15) is 5.54 Å². The van der Waals surface area contributed by atoms with Gasteiger partial charge < -0.3 is 15.7 Å². The number of carboxylic acid groups (broad SMARTS) is 1. The van der Waals surface area contributed by atoms with Crippen LogP contribution in [-0.2, 0) is 4.79 Å². The first-order chi connectivity index (χ1) is 6.60. The van der Waals surface area contributed by atoms with Crippen molar-refractivity contribution in [3.05, 3.63) is 0 Å². The van der Waals surface area contributed by atoms with Gasteiger partial charge >= 0.3 is 12.0 Å². The van der Waals surface area contributed by atoms with E-state index in [1.165, 1.54) is 13.8 Å². The van der Waals surface area contributed by atoms with Crippen molar-refractivity contribution in [1.29, 1.82) is 0 Å². The van der Waals surface area contributed by atoms with Crippen molar-refractivity contribution in [2.75, 3.05) is 0 Å². The fourth-order valence-corrected chi connectivity index (χ4v) is 0.764. The zero-order valence-corrected chi connectivity index (χ0v) is 9.97. The van der Waals surface area contributed by atoms with Gasteiger partial charge in [-0.25, -0.2) is 9.59 Å². The largest absolute Gasteiger partial charge is 0.480 e. The molecule has 0 aliphatic heterocycles. The van der Waals surface area contributed by atoms with E-state index in [-0.39, 0.29) is 5.54 Å². The van der Waals surface area contributed by atoms with Gasteiger partial charge in [0.25, 0.3) is 0 Å². The number of hydrogen-bond acceptors (Lipinski definition) is 2. The molecule has 0 rings (SSSR count). The zero-order chi connectivity index (χ0) is 12.3. The summed E-state index contributed by atoms with van der Waals surface area (Å²) in [5.41, 5.74) is -1.59. The summed E-state index contributed by atoms with van der Waals surface area (Å²) >= 11 is 0. The Kier molecular flexibility index (Phi) is 4.13. The van der Waals surface area contributed by atoms with Crippen LogP contribution in [0.15, 0.2) is 0 Å². The van der Waals surface area contributed by atoms with Crippen LogP contribution in [0.2, 0.25) is 0 Å². The van der Waals surface area contributed by atoms with Crippen molar-refractivity contribution in [2.24, 2.45) is 0 Å². The topological polar surface area (TPSA) is 78.4 Å². The molecule has 0 bridgehead atoms. The SMILES string of the molecule is CCC(C)(C)NC(=O)NC(C)(C)C(=O)O. The van der Waals surface area contributed by atoms with Crippen molar-refractivity contribution < 1.29 is 14.7 Å². The molecule has 0 atom stereocenters. The molecule has 0 spiro atoms. The highest BCUT2D eigenvalue weighted by molar-refractivity contribution is 5.85. The van der Waals surface area contributed by atoms with Crippen LogP contribution in [0.1, 0.15) is 41.0 Å². The minimum atomic E-state index is -1.26. The molecule has 5 nitrogen and oxygen atoms in total. The van der Waals surface area contributed by atoms with Gasteiger partial charge in [0.2, 0.25) is 0 Å². The lowest BCUT2D eigenvalue weighted by Gasteiger charge is -2.28. The number of carbonyl (C=O) groups is 2. The quantitative estimate of drug-likeness (QED) is 0.663. The Bertz CT molecular complexity index is 259. The molecule has 2 amide bonds. The van der Waals surface area contributed by atoms with E-state index in [0.29, 0.717) is 0 Å². The van der Waals surface area contributed by atoms with Crippen molar-refractivity contribution >= 4 is 12.0 Å². The highest BCUT2D eigenvalue weighted by Gasteiger charge is 2.30. The van der Waals surface area contributed by atoms with Crippen molar-refractivity contribution in [1.82, 2.24) is 10.6 Å². The smallest absolute Gasteiger partial charge is 0.328 e. The van der Waals surface area contributed by atoms with Gasteiger partial charge in [-0.1, -0.05) is 6.92 Å². The summed E-state index contributed by atoms with van der Waals surface area (Å²) in [6.07, 6.45) is 0.772. The number of rotatable bonds is 4. The number of nitrogens with one attached hydrogen (secondary N) is 2. The maximum absolute atomic E-state index is 11.5. The zero-order valence-electron chi connectivity index (χ0n) is 9.97. The molecule has 0 saturated carbocycles. The normalized spacial score (nSPS) is 12.1. The molecule has 15 heavy (non-hydrogen) atoms.